The quantitative estimate of drug-likeness (QED) is 0.716. The number of ether oxygens (including phenoxy) is 1. The number of nitrogens with one attached hydrogen (secondary N) is 1. The van der Waals surface area contributed by atoms with Crippen molar-refractivity contribution in [1.82, 2.24) is 4.90 Å². The lowest BCUT2D eigenvalue weighted by molar-refractivity contribution is 0.0526. The molecule has 0 unspecified atom stereocenters. The van der Waals surface area contributed by atoms with Gasteiger partial charge in [0.25, 0.3) is 5.91 Å². The van der Waals surface area contributed by atoms with Crippen LogP contribution in [0.25, 0.3) is 0 Å². The van der Waals surface area contributed by atoms with E-state index >= 15 is 0 Å². The highest BCUT2D eigenvalue weighted by Gasteiger charge is 2.29. The van der Waals surface area contributed by atoms with Crippen LogP contribution in [0.4, 0.5) is 5.00 Å². The Hall–Kier alpha value is -1.35. The Morgan fingerprint density at radius 3 is 2.84 bits per heavy atom. The molecule has 0 aliphatic carbocycles. The summed E-state index contributed by atoms with van der Waals surface area (Å²) in [6.07, 6.45) is 0.763. The number of thiophene rings is 1. The van der Waals surface area contributed by atoms with Crippen molar-refractivity contribution < 1.29 is 18.7 Å². The van der Waals surface area contributed by atoms with Crippen LogP contribution in [0.15, 0.2) is 21.2 Å². The molecular weight excluding hydrogens is 432 g/mol. The smallest absolute Gasteiger partial charge is 0.341 e. The number of anilines is 1. The van der Waals surface area contributed by atoms with Gasteiger partial charge in [-0.1, -0.05) is 0 Å². The molecule has 2 aromatic rings. The van der Waals surface area contributed by atoms with Crippen molar-refractivity contribution in [3.63, 3.8) is 0 Å². The number of amides is 1. The standard InChI is InChI=1S/C16H17BrN2O4S.ClH/c1-3-22-16(21)13-9-6-7-19(2)8-11(9)24-15(13)18-14(20)10-4-5-12(17)23-10;/h4-5H,3,6-8H2,1-2H3,(H,18,20);1H. The van der Waals surface area contributed by atoms with Crippen molar-refractivity contribution in [1.29, 1.82) is 0 Å². The predicted octanol–water partition coefficient (Wildman–Crippen LogP) is 3.94. The van der Waals surface area contributed by atoms with Crippen molar-refractivity contribution in [3.05, 3.63) is 38.6 Å². The molecule has 6 nitrogen and oxygen atoms in total. The number of esters is 1. The Kier molecular flexibility index (Phi) is 6.67. The van der Waals surface area contributed by atoms with Crippen molar-refractivity contribution >= 4 is 56.6 Å². The Labute approximate surface area is 164 Å². The lowest BCUT2D eigenvalue weighted by Gasteiger charge is -2.22. The van der Waals surface area contributed by atoms with Crippen molar-refractivity contribution in [2.45, 2.75) is 19.9 Å². The highest BCUT2D eigenvalue weighted by molar-refractivity contribution is 9.10. The van der Waals surface area contributed by atoms with Gasteiger partial charge >= 0.3 is 5.97 Å². The summed E-state index contributed by atoms with van der Waals surface area (Å²) in [7, 11) is 2.03. The monoisotopic (exact) mass is 448 g/mol. The molecule has 0 spiro atoms. The number of nitrogens with zero attached hydrogens (tertiary/aromatic N) is 1. The number of hydrogen-bond acceptors (Lipinski definition) is 6. The molecule has 1 aliphatic heterocycles. The van der Waals surface area contributed by atoms with E-state index in [-0.39, 0.29) is 18.2 Å². The normalized spacial score (nSPS) is 13.7. The van der Waals surface area contributed by atoms with Crippen LogP contribution in [0.5, 0.6) is 0 Å². The SMILES string of the molecule is CCOC(=O)c1c(NC(=O)c2ccc(Br)o2)sc2c1CCN(C)C2.Cl. The summed E-state index contributed by atoms with van der Waals surface area (Å²) >= 11 is 4.60. The minimum absolute atomic E-state index is 0. The van der Waals surface area contributed by atoms with Gasteiger partial charge in [0.1, 0.15) is 5.00 Å². The maximum atomic E-state index is 12.4. The summed E-state index contributed by atoms with van der Waals surface area (Å²) in [6.45, 7) is 3.69. The third-order valence-corrected chi connectivity index (χ3v) is 5.31. The molecule has 0 fully saturated rings. The molecular formula is C16H18BrClN2O4S. The van der Waals surface area contributed by atoms with Crippen molar-refractivity contribution in [2.24, 2.45) is 0 Å². The molecule has 0 radical (unpaired) electrons. The number of carbonyl (C=O) groups excluding carboxylic acids is 2. The number of furan rings is 1. The zero-order valence-electron chi connectivity index (χ0n) is 13.8. The van der Waals surface area contributed by atoms with Crippen LogP contribution in [0.1, 0.15) is 38.3 Å². The van der Waals surface area contributed by atoms with Crippen LogP contribution in [0.2, 0.25) is 0 Å². The fourth-order valence-corrected chi connectivity index (χ4v) is 4.26. The summed E-state index contributed by atoms with van der Waals surface area (Å²) in [5, 5.41) is 3.32. The summed E-state index contributed by atoms with van der Waals surface area (Å²) in [5.41, 5.74) is 1.45. The maximum absolute atomic E-state index is 12.4. The zero-order chi connectivity index (χ0) is 17.3. The molecule has 2 aromatic heterocycles. The molecule has 1 amide bonds. The second-order valence-corrected chi connectivity index (χ2v) is 7.36. The van der Waals surface area contributed by atoms with Crippen LogP contribution in [0.3, 0.4) is 0 Å². The van der Waals surface area contributed by atoms with Gasteiger partial charge in [-0.25, -0.2) is 4.79 Å². The van der Waals surface area contributed by atoms with Gasteiger partial charge in [0.05, 0.1) is 12.2 Å². The third kappa shape index (κ3) is 4.25. The summed E-state index contributed by atoms with van der Waals surface area (Å²) < 4.78 is 10.9. The first kappa shape index (κ1) is 20.0. The molecule has 136 valence electrons. The summed E-state index contributed by atoms with van der Waals surface area (Å²) in [6, 6.07) is 3.22. The van der Waals surface area contributed by atoms with Gasteiger partial charge in [0.15, 0.2) is 10.4 Å². The lowest BCUT2D eigenvalue weighted by Crippen LogP contribution is -2.26. The van der Waals surface area contributed by atoms with Crippen LogP contribution < -0.4 is 5.32 Å². The molecule has 3 rings (SSSR count). The average Bonchev–Trinajstić information content (AvgIpc) is 3.10. The van der Waals surface area contributed by atoms with E-state index in [1.807, 2.05) is 7.05 Å². The first-order valence-electron chi connectivity index (χ1n) is 7.56. The van der Waals surface area contributed by atoms with Gasteiger partial charge in [0.2, 0.25) is 0 Å². The van der Waals surface area contributed by atoms with Gasteiger partial charge in [-0.15, -0.1) is 23.7 Å². The minimum atomic E-state index is -0.393. The van der Waals surface area contributed by atoms with E-state index in [4.69, 9.17) is 9.15 Å². The first-order chi connectivity index (χ1) is 11.5. The third-order valence-electron chi connectivity index (χ3n) is 3.75. The Morgan fingerprint density at radius 1 is 1.44 bits per heavy atom. The molecule has 1 N–H and O–H groups in total. The van der Waals surface area contributed by atoms with Gasteiger partial charge in [0, 0.05) is 18.0 Å². The van der Waals surface area contributed by atoms with Crippen LogP contribution in [-0.2, 0) is 17.7 Å². The van der Waals surface area contributed by atoms with Gasteiger partial charge in [-0.3, -0.25) is 4.79 Å². The number of fused-ring (bicyclic) bond motifs is 1. The second-order valence-electron chi connectivity index (χ2n) is 5.47. The second kappa shape index (κ2) is 8.35. The average molecular weight is 450 g/mol. The van der Waals surface area contributed by atoms with Crippen molar-refractivity contribution in [3.8, 4) is 0 Å². The first-order valence-corrected chi connectivity index (χ1v) is 9.17. The Morgan fingerprint density at radius 2 is 2.20 bits per heavy atom. The van der Waals surface area contributed by atoms with Crippen molar-refractivity contribution in [2.75, 3.05) is 25.5 Å². The van der Waals surface area contributed by atoms with E-state index in [9.17, 15) is 9.59 Å². The molecule has 0 atom stereocenters. The highest BCUT2D eigenvalue weighted by Crippen LogP contribution is 2.37. The van der Waals surface area contributed by atoms with Crippen LogP contribution in [-0.4, -0.2) is 37.0 Å². The molecule has 3 heterocycles. The van der Waals surface area contributed by atoms with Gasteiger partial charge < -0.3 is 19.4 Å². The summed E-state index contributed by atoms with van der Waals surface area (Å²) in [4.78, 5) is 28.0. The van der Waals surface area contributed by atoms with E-state index in [0.29, 0.717) is 21.8 Å². The largest absolute Gasteiger partial charge is 0.462 e. The van der Waals surface area contributed by atoms with Crippen LogP contribution in [0, 0.1) is 0 Å². The molecule has 0 aromatic carbocycles. The van der Waals surface area contributed by atoms with E-state index in [0.717, 1.165) is 30.0 Å². The fourth-order valence-electron chi connectivity index (χ4n) is 2.64. The van der Waals surface area contributed by atoms with Gasteiger partial charge in [-0.2, -0.15) is 0 Å². The molecule has 9 heteroatoms. The Bertz CT molecular complexity index is 789. The number of likely N-dealkylation sites (N-methyl/N-ethyl adjacent to an activating group) is 1. The highest BCUT2D eigenvalue weighted by atomic mass is 79.9. The number of carbonyl (C=O) groups is 2. The molecule has 0 bridgehead atoms. The number of halogens is 2. The molecule has 0 saturated carbocycles. The predicted molar refractivity (Wildman–Crippen MR) is 102 cm³/mol. The molecule has 1 aliphatic rings. The topological polar surface area (TPSA) is 71.8 Å². The van der Waals surface area contributed by atoms with E-state index in [2.05, 4.69) is 26.1 Å². The van der Waals surface area contributed by atoms with Crippen LogP contribution >= 0.6 is 39.7 Å². The number of hydrogen-bond donors (Lipinski definition) is 1. The van der Waals surface area contributed by atoms with E-state index in [1.54, 1.807) is 19.1 Å². The Balaban J connectivity index is 0.00000225. The zero-order valence-corrected chi connectivity index (χ0v) is 17.0. The molecule has 0 saturated heterocycles. The minimum Gasteiger partial charge on any atom is -0.462 e. The van der Waals surface area contributed by atoms with Gasteiger partial charge in [-0.05, 0) is 54.0 Å². The van der Waals surface area contributed by atoms with E-state index < -0.39 is 11.9 Å². The molecule has 25 heavy (non-hydrogen) atoms. The summed E-state index contributed by atoms with van der Waals surface area (Å²) in [5.74, 6) is -0.603. The fraction of sp³-hybridized carbons (Fsp3) is 0.375. The maximum Gasteiger partial charge on any atom is 0.341 e. The number of rotatable bonds is 4. The lowest BCUT2D eigenvalue weighted by atomic mass is 10.0. The van der Waals surface area contributed by atoms with E-state index in [1.165, 1.54) is 11.3 Å².